The normalized spacial score (nSPS) is 10.9. The quantitative estimate of drug-likeness (QED) is 0.776. The fourth-order valence-electron chi connectivity index (χ4n) is 2.21. The number of rotatable bonds is 3. The molecule has 5 heteroatoms. The van der Waals surface area contributed by atoms with Gasteiger partial charge in [0.25, 0.3) is 0 Å². The van der Waals surface area contributed by atoms with Crippen LogP contribution in [0, 0.1) is 0 Å². The molecule has 0 atom stereocenters. The predicted molar refractivity (Wildman–Crippen MR) is 78.4 cm³/mol. The number of benzene rings is 1. The van der Waals surface area contributed by atoms with Crippen LogP contribution in [0.1, 0.15) is 12.7 Å². The Bertz CT molecular complexity index is 729. The Morgan fingerprint density at radius 1 is 1.20 bits per heavy atom. The lowest BCUT2D eigenvalue weighted by atomic mass is 10.0. The zero-order valence-electron chi connectivity index (χ0n) is 10.9. The van der Waals surface area contributed by atoms with Crippen molar-refractivity contribution in [3.05, 3.63) is 47.4 Å². The Morgan fingerprint density at radius 3 is 2.65 bits per heavy atom. The summed E-state index contributed by atoms with van der Waals surface area (Å²) >= 11 is 5.91. The highest BCUT2D eigenvalue weighted by Crippen LogP contribution is 2.38. The van der Waals surface area contributed by atoms with E-state index in [1.807, 2.05) is 37.3 Å². The van der Waals surface area contributed by atoms with E-state index in [4.69, 9.17) is 26.3 Å². The zero-order chi connectivity index (χ0) is 14.1. The molecule has 0 unspecified atom stereocenters. The molecule has 0 fully saturated rings. The summed E-state index contributed by atoms with van der Waals surface area (Å²) in [5, 5.41) is 4.74. The third kappa shape index (κ3) is 2.08. The summed E-state index contributed by atoms with van der Waals surface area (Å²) in [6.45, 7) is 2.02. The Morgan fingerprint density at radius 2 is 1.95 bits per heavy atom. The summed E-state index contributed by atoms with van der Waals surface area (Å²) < 4.78 is 10.6. The van der Waals surface area contributed by atoms with Crippen LogP contribution in [0.4, 0.5) is 5.88 Å². The van der Waals surface area contributed by atoms with E-state index in [1.54, 1.807) is 6.26 Å². The van der Waals surface area contributed by atoms with Crippen molar-refractivity contribution in [2.75, 3.05) is 5.73 Å². The van der Waals surface area contributed by atoms with E-state index in [2.05, 4.69) is 5.16 Å². The van der Waals surface area contributed by atoms with Gasteiger partial charge in [-0.2, -0.15) is 0 Å². The molecule has 1 aromatic carbocycles. The molecular weight excluding hydrogens is 276 g/mol. The van der Waals surface area contributed by atoms with Gasteiger partial charge in [-0.05, 0) is 23.8 Å². The molecule has 0 amide bonds. The van der Waals surface area contributed by atoms with Crippen molar-refractivity contribution in [3.8, 4) is 22.4 Å². The van der Waals surface area contributed by atoms with Crippen LogP contribution in [0.2, 0.25) is 5.02 Å². The average Bonchev–Trinajstić information content (AvgIpc) is 3.05. The summed E-state index contributed by atoms with van der Waals surface area (Å²) in [7, 11) is 0. The van der Waals surface area contributed by atoms with Crippen molar-refractivity contribution in [3.63, 3.8) is 0 Å². The number of hydrogen-bond acceptors (Lipinski definition) is 4. The maximum Gasteiger partial charge on any atom is 0.230 e. The van der Waals surface area contributed by atoms with Crippen molar-refractivity contribution in [1.29, 1.82) is 0 Å². The van der Waals surface area contributed by atoms with Crippen LogP contribution in [0.5, 0.6) is 0 Å². The average molecular weight is 289 g/mol. The van der Waals surface area contributed by atoms with Crippen molar-refractivity contribution in [2.24, 2.45) is 0 Å². The van der Waals surface area contributed by atoms with E-state index < -0.39 is 0 Å². The van der Waals surface area contributed by atoms with Crippen LogP contribution in [0.3, 0.4) is 0 Å². The minimum absolute atomic E-state index is 0.283. The van der Waals surface area contributed by atoms with E-state index in [-0.39, 0.29) is 5.88 Å². The first-order valence-electron chi connectivity index (χ1n) is 6.28. The maximum absolute atomic E-state index is 5.92. The Labute approximate surface area is 121 Å². The fourth-order valence-corrected chi connectivity index (χ4v) is 2.33. The van der Waals surface area contributed by atoms with Crippen LogP contribution in [0.25, 0.3) is 22.4 Å². The number of halogens is 1. The largest absolute Gasteiger partial charge is 0.469 e. The SMILES string of the molecule is CCc1occc1-c1noc(N)c1-c1ccc(Cl)cc1. The smallest absolute Gasteiger partial charge is 0.230 e. The van der Waals surface area contributed by atoms with Gasteiger partial charge in [0.2, 0.25) is 5.88 Å². The lowest BCUT2D eigenvalue weighted by Gasteiger charge is -2.02. The molecule has 0 saturated heterocycles. The molecule has 2 N–H and O–H groups in total. The lowest BCUT2D eigenvalue weighted by Crippen LogP contribution is -1.89. The van der Waals surface area contributed by atoms with Gasteiger partial charge in [0.05, 0.1) is 11.8 Å². The second-order valence-electron chi connectivity index (χ2n) is 4.39. The Kier molecular flexibility index (Phi) is 3.24. The van der Waals surface area contributed by atoms with Gasteiger partial charge in [0.1, 0.15) is 11.5 Å². The standard InChI is InChI=1S/C15H13ClN2O2/c1-2-12-11(7-8-19-12)14-13(15(17)20-18-14)9-3-5-10(16)6-4-9/h3-8H,2,17H2,1H3. The van der Waals surface area contributed by atoms with Crippen LogP contribution in [0.15, 0.2) is 45.5 Å². The highest BCUT2D eigenvalue weighted by atomic mass is 35.5. The van der Waals surface area contributed by atoms with Crippen molar-refractivity contribution < 1.29 is 8.94 Å². The first kappa shape index (κ1) is 12.8. The topological polar surface area (TPSA) is 65.2 Å². The number of aryl methyl sites for hydroxylation is 1. The third-order valence-electron chi connectivity index (χ3n) is 3.17. The number of nitrogen functional groups attached to an aromatic ring is 1. The monoisotopic (exact) mass is 288 g/mol. The molecule has 0 bridgehead atoms. The second kappa shape index (κ2) is 5.06. The number of furan rings is 1. The molecule has 4 nitrogen and oxygen atoms in total. The van der Waals surface area contributed by atoms with Gasteiger partial charge in [-0.1, -0.05) is 35.8 Å². The van der Waals surface area contributed by atoms with Crippen LogP contribution in [-0.4, -0.2) is 5.16 Å². The predicted octanol–water partition coefficient (Wildman–Crippen LogP) is 4.40. The van der Waals surface area contributed by atoms with E-state index in [9.17, 15) is 0 Å². The van der Waals surface area contributed by atoms with Gasteiger partial charge in [0, 0.05) is 17.0 Å². The summed E-state index contributed by atoms with van der Waals surface area (Å²) in [6, 6.07) is 9.27. The number of nitrogens with zero attached hydrogens (tertiary/aromatic N) is 1. The van der Waals surface area contributed by atoms with Crippen molar-refractivity contribution >= 4 is 17.5 Å². The minimum atomic E-state index is 0.283. The minimum Gasteiger partial charge on any atom is -0.469 e. The van der Waals surface area contributed by atoms with Crippen molar-refractivity contribution in [2.45, 2.75) is 13.3 Å². The molecule has 2 aromatic heterocycles. The number of hydrogen-bond donors (Lipinski definition) is 1. The van der Waals surface area contributed by atoms with E-state index >= 15 is 0 Å². The number of aromatic nitrogens is 1. The number of anilines is 1. The van der Waals surface area contributed by atoms with E-state index in [0.717, 1.165) is 28.9 Å². The van der Waals surface area contributed by atoms with Crippen LogP contribution < -0.4 is 5.73 Å². The molecular formula is C15H13ClN2O2. The van der Waals surface area contributed by atoms with Gasteiger partial charge in [0.15, 0.2) is 0 Å². The molecule has 0 saturated carbocycles. The summed E-state index contributed by atoms with van der Waals surface area (Å²) in [5.41, 5.74) is 9.18. The first-order chi connectivity index (χ1) is 9.70. The Balaban J connectivity index is 2.17. The molecule has 102 valence electrons. The molecule has 2 heterocycles. The van der Waals surface area contributed by atoms with Gasteiger partial charge in [-0.25, -0.2) is 0 Å². The van der Waals surface area contributed by atoms with Crippen molar-refractivity contribution in [1.82, 2.24) is 5.16 Å². The van der Waals surface area contributed by atoms with Gasteiger partial charge >= 0.3 is 0 Å². The first-order valence-corrected chi connectivity index (χ1v) is 6.66. The van der Waals surface area contributed by atoms with Crippen LogP contribution >= 0.6 is 11.6 Å². The Hall–Kier alpha value is -2.20. The highest BCUT2D eigenvalue weighted by molar-refractivity contribution is 6.30. The van der Waals surface area contributed by atoms with Gasteiger partial charge in [-0.3, -0.25) is 0 Å². The molecule has 0 aliphatic heterocycles. The molecule has 0 radical (unpaired) electrons. The molecule has 3 rings (SSSR count). The van der Waals surface area contributed by atoms with Gasteiger partial charge < -0.3 is 14.7 Å². The summed E-state index contributed by atoms with van der Waals surface area (Å²) in [4.78, 5) is 0. The second-order valence-corrected chi connectivity index (χ2v) is 4.82. The van der Waals surface area contributed by atoms with E-state index in [1.165, 1.54) is 0 Å². The lowest BCUT2D eigenvalue weighted by molar-refractivity contribution is 0.439. The number of nitrogens with two attached hydrogens (primary N) is 1. The van der Waals surface area contributed by atoms with Crippen LogP contribution in [-0.2, 0) is 6.42 Å². The molecule has 0 spiro atoms. The maximum atomic E-state index is 5.92. The summed E-state index contributed by atoms with van der Waals surface area (Å²) in [6.07, 6.45) is 2.42. The fraction of sp³-hybridized carbons (Fsp3) is 0.133. The molecule has 3 aromatic rings. The zero-order valence-corrected chi connectivity index (χ0v) is 11.6. The molecule has 0 aliphatic carbocycles. The summed E-state index contributed by atoms with van der Waals surface area (Å²) in [5.74, 6) is 1.14. The third-order valence-corrected chi connectivity index (χ3v) is 3.43. The van der Waals surface area contributed by atoms with E-state index in [0.29, 0.717) is 10.7 Å². The highest BCUT2D eigenvalue weighted by Gasteiger charge is 2.20. The molecule has 0 aliphatic rings. The molecule has 20 heavy (non-hydrogen) atoms. The van der Waals surface area contributed by atoms with Gasteiger partial charge in [-0.15, -0.1) is 0 Å².